The van der Waals surface area contributed by atoms with E-state index in [4.69, 9.17) is 18.5 Å². The van der Waals surface area contributed by atoms with Gasteiger partial charge in [-0.25, -0.2) is 0 Å². The van der Waals surface area contributed by atoms with Gasteiger partial charge in [-0.15, -0.1) is 0 Å². The molecule has 0 saturated heterocycles. The molecule has 0 N–H and O–H groups in total. The number of nitrogens with zero attached hydrogens (tertiary/aromatic N) is 1. The van der Waals surface area contributed by atoms with E-state index in [0.717, 1.165) is 109 Å². The summed E-state index contributed by atoms with van der Waals surface area (Å²) < 4.78 is 34.6. The number of rotatable bonds is 42. The molecule has 344 valence electrons. The quantitative estimate of drug-likeness (QED) is 0.0198. The molecule has 0 aromatic heterocycles. The van der Waals surface area contributed by atoms with Crippen LogP contribution in [0.2, 0.25) is 0 Å². The molecule has 0 aliphatic carbocycles. The number of allylic oxidation sites excluding steroid dienone is 16. The molecule has 0 fully saturated rings. The standard InChI is InChI=1S/C51H88NO7P/c1-6-8-10-12-14-16-18-20-22-24-25-26-27-28-29-31-33-35-37-39-41-43-46-56-48-50(49-58-60(54,55)57-47-45-52(3,4)5)59-51(53)44-42-40-38-36-34-32-30-23-21-19-17-15-13-11-9-7-2/h8,10,14,16-17,19-20,22-23,25-26,28-30,33,35,50H,6-7,9,11-13,15,18,21,24,27,31-32,34,36-49H2,1-5H3/b10-8-,16-14-,19-17-,22-20-,26-25-,29-28-,30-23-,35-33-. The van der Waals surface area contributed by atoms with Crippen molar-refractivity contribution < 1.29 is 37.3 Å². The molecule has 0 rings (SSSR count). The Morgan fingerprint density at radius 1 is 0.533 bits per heavy atom. The van der Waals surface area contributed by atoms with E-state index in [1.165, 1.54) is 32.1 Å². The first-order valence-electron chi connectivity index (χ1n) is 23.5. The molecular formula is C51H88NO7P. The van der Waals surface area contributed by atoms with Crippen molar-refractivity contribution in [1.29, 1.82) is 0 Å². The van der Waals surface area contributed by atoms with Gasteiger partial charge < -0.3 is 27.9 Å². The maximum absolute atomic E-state index is 12.7. The van der Waals surface area contributed by atoms with E-state index in [0.29, 0.717) is 17.6 Å². The van der Waals surface area contributed by atoms with E-state index < -0.39 is 13.9 Å². The Bertz CT molecular complexity index is 1270. The molecule has 0 radical (unpaired) electrons. The van der Waals surface area contributed by atoms with Crippen molar-refractivity contribution in [2.75, 3.05) is 54.1 Å². The van der Waals surface area contributed by atoms with E-state index in [2.05, 4.69) is 111 Å². The lowest BCUT2D eigenvalue weighted by molar-refractivity contribution is -0.870. The maximum atomic E-state index is 12.7. The van der Waals surface area contributed by atoms with Crippen LogP contribution in [0.1, 0.15) is 162 Å². The smallest absolute Gasteiger partial charge is 0.306 e. The molecule has 0 aromatic rings. The third-order valence-electron chi connectivity index (χ3n) is 9.37. The van der Waals surface area contributed by atoms with Crippen LogP contribution in [0.4, 0.5) is 0 Å². The maximum Gasteiger partial charge on any atom is 0.306 e. The normalized spacial score (nSPS) is 14.6. The van der Waals surface area contributed by atoms with Gasteiger partial charge in [-0.3, -0.25) is 9.36 Å². The summed E-state index contributed by atoms with van der Waals surface area (Å²) in [7, 11) is 1.31. The van der Waals surface area contributed by atoms with Crippen molar-refractivity contribution in [3.63, 3.8) is 0 Å². The van der Waals surface area contributed by atoms with E-state index in [1.807, 2.05) is 21.1 Å². The Kier molecular flexibility index (Phi) is 41.2. The number of likely N-dealkylation sites (N-methyl/N-ethyl adjacent to an activating group) is 1. The van der Waals surface area contributed by atoms with Crippen LogP contribution in [-0.2, 0) is 27.9 Å². The Balaban J connectivity index is 4.33. The Morgan fingerprint density at radius 3 is 1.45 bits per heavy atom. The number of esters is 1. The summed E-state index contributed by atoms with van der Waals surface area (Å²) in [5.41, 5.74) is 0. The molecule has 9 heteroatoms. The summed E-state index contributed by atoms with van der Waals surface area (Å²) in [6, 6.07) is 0. The molecule has 60 heavy (non-hydrogen) atoms. The fourth-order valence-electron chi connectivity index (χ4n) is 5.75. The lowest BCUT2D eigenvalue weighted by atomic mass is 10.1. The lowest BCUT2D eigenvalue weighted by Gasteiger charge is -2.28. The number of unbranched alkanes of at least 4 members (excludes halogenated alkanes) is 12. The highest BCUT2D eigenvalue weighted by Gasteiger charge is 2.20. The third kappa shape index (κ3) is 46.5. The average Bonchev–Trinajstić information content (AvgIpc) is 3.20. The zero-order valence-electron chi connectivity index (χ0n) is 38.9. The number of hydrogen-bond donors (Lipinski definition) is 0. The minimum atomic E-state index is -4.55. The fraction of sp³-hybridized carbons (Fsp3) is 0.667. The number of carbonyl (C=O) groups is 1. The highest BCUT2D eigenvalue weighted by atomic mass is 31.2. The van der Waals surface area contributed by atoms with Crippen LogP contribution >= 0.6 is 7.82 Å². The second kappa shape index (κ2) is 43.1. The molecule has 2 atom stereocenters. The van der Waals surface area contributed by atoms with Crippen LogP contribution in [0.25, 0.3) is 0 Å². The number of hydrogen-bond acceptors (Lipinski definition) is 7. The molecule has 0 aromatic carbocycles. The molecule has 0 amide bonds. The molecule has 2 unspecified atom stereocenters. The average molecular weight is 858 g/mol. The van der Waals surface area contributed by atoms with E-state index in [1.54, 1.807) is 0 Å². The largest absolute Gasteiger partial charge is 0.756 e. The van der Waals surface area contributed by atoms with Gasteiger partial charge in [0.25, 0.3) is 7.82 Å². The van der Waals surface area contributed by atoms with E-state index in [-0.39, 0.29) is 32.2 Å². The van der Waals surface area contributed by atoms with Crippen LogP contribution in [-0.4, -0.2) is 70.7 Å². The zero-order chi connectivity index (χ0) is 44.1. The summed E-state index contributed by atoms with van der Waals surface area (Å²) in [4.78, 5) is 25.1. The first-order valence-corrected chi connectivity index (χ1v) is 24.9. The van der Waals surface area contributed by atoms with Crippen LogP contribution < -0.4 is 4.89 Å². The summed E-state index contributed by atoms with van der Waals surface area (Å²) >= 11 is 0. The minimum absolute atomic E-state index is 0.0106. The third-order valence-corrected chi connectivity index (χ3v) is 10.3. The van der Waals surface area contributed by atoms with Gasteiger partial charge in [0.05, 0.1) is 34.4 Å². The second-order valence-corrected chi connectivity index (χ2v) is 17.8. The van der Waals surface area contributed by atoms with E-state index in [9.17, 15) is 14.3 Å². The summed E-state index contributed by atoms with van der Waals surface area (Å²) in [6.45, 7) is 5.15. The SMILES string of the molecule is CC/C=C\C/C=C\C/C=C\C/C=C\C/C=C\C/C=C\CCCCCOCC(COP(=O)([O-])OCC[N+](C)(C)C)OC(=O)CCCCCCC/C=C\C/C=C\CCCCCC. The van der Waals surface area contributed by atoms with Crippen molar-refractivity contribution in [2.24, 2.45) is 0 Å². The number of carbonyl (C=O) groups excluding carboxylic acids is 1. The highest BCUT2D eigenvalue weighted by molar-refractivity contribution is 7.45. The zero-order valence-corrected chi connectivity index (χ0v) is 39.8. The first-order chi connectivity index (χ1) is 29.1. The van der Waals surface area contributed by atoms with Crippen molar-refractivity contribution in [3.8, 4) is 0 Å². The molecule has 0 aliphatic heterocycles. The van der Waals surface area contributed by atoms with Gasteiger partial charge in [-0.1, -0.05) is 156 Å². The summed E-state index contributed by atoms with van der Waals surface area (Å²) in [6.07, 6.45) is 58.5. The van der Waals surface area contributed by atoms with Crippen molar-refractivity contribution in [3.05, 3.63) is 97.2 Å². The summed E-state index contributed by atoms with van der Waals surface area (Å²) in [5, 5.41) is 0. The molecule has 8 nitrogen and oxygen atoms in total. The van der Waals surface area contributed by atoms with Gasteiger partial charge in [-0.05, 0) is 96.3 Å². The molecule has 0 spiro atoms. The van der Waals surface area contributed by atoms with Gasteiger partial charge in [0.15, 0.2) is 0 Å². The fourth-order valence-corrected chi connectivity index (χ4v) is 6.48. The first kappa shape index (κ1) is 57.4. The molecule has 0 bridgehead atoms. The predicted molar refractivity (Wildman–Crippen MR) is 254 cm³/mol. The van der Waals surface area contributed by atoms with Gasteiger partial charge in [0.1, 0.15) is 19.3 Å². The van der Waals surface area contributed by atoms with Gasteiger partial charge in [0.2, 0.25) is 0 Å². The van der Waals surface area contributed by atoms with Gasteiger partial charge in [-0.2, -0.15) is 0 Å². The number of ether oxygens (including phenoxy) is 2. The summed E-state index contributed by atoms with van der Waals surface area (Å²) in [5.74, 6) is -0.364. The lowest BCUT2D eigenvalue weighted by Crippen LogP contribution is -2.37. The Morgan fingerprint density at radius 2 is 0.967 bits per heavy atom. The Hall–Kier alpha value is -2.58. The number of phosphoric ester groups is 1. The Labute approximate surface area is 368 Å². The van der Waals surface area contributed by atoms with Gasteiger partial charge >= 0.3 is 5.97 Å². The van der Waals surface area contributed by atoms with Crippen LogP contribution in [0.15, 0.2) is 97.2 Å². The minimum Gasteiger partial charge on any atom is -0.756 e. The number of phosphoric acid groups is 1. The van der Waals surface area contributed by atoms with Crippen LogP contribution in [0.5, 0.6) is 0 Å². The van der Waals surface area contributed by atoms with Crippen LogP contribution in [0, 0.1) is 0 Å². The van der Waals surface area contributed by atoms with Crippen LogP contribution in [0.3, 0.4) is 0 Å². The molecular weight excluding hydrogens is 770 g/mol. The molecule has 0 saturated carbocycles. The topological polar surface area (TPSA) is 94.1 Å². The monoisotopic (exact) mass is 858 g/mol. The predicted octanol–water partition coefficient (Wildman–Crippen LogP) is 13.6. The van der Waals surface area contributed by atoms with E-state index >= 15 is 0 Å². The van der Waals surface area contributed by atoms with Crippen molar-refractivity contribution in [2.45, 2.75) is 168 Å². The van der Waals surface area contributed by atoms with Gasteiger partial charge in [0, 0.05) is 13.0 Å². The van der Waals surface area contributed by atoms with Crippen molar-refractivity contribution >= 4 is 13.8 Å². The second-order valence-electron chi connectivity index (χ2n) is 16.4. The molecule has 0 aliphatic rings. The number of quaternary nitrogens is 1. The highest BCUT2D eigenvalue weighted by Crippen LogP contribution is 2.38. The molecule has 0 heterocycles. The van der Waals surface area contributed by atoms with Crippen molar-refractivity contribution in [1.82, 2.24) is 0 Å².